The fraction of sp³-hybridized carbons (Fsp3) is 0.286. The van der Waals surface area contributed by atoms with Gasteiger partial charge in [-0.2, -0.15) is 0 Å². The lowest BCUT2D eigenvalue weighted by molar-refractivity contribution is -0.384. The van der Waals surface area contributed by atoms with Crippen LogP contribution in [0, 0.1) is 10.1 Å². The number of hydrogen-bond acceptors (Lipinski definition) is 7. The third-order valence-electron chi connectivity index (χ3n) is 3.71. The van der Waals surface area contributed by atoms with Gasteiger partial charge in [0.2, 0.25) is 11.3 Å². The fourth-order valence-corrected chi connectivity index (χ4v) is 3.84. The van der Waals surface area contributed by atoms with Crippen LogP contribution >= 0.6 is 0 Å². The number of amides is 1. The number of aliphatic hydroxyl groups is 1. The highest BCUT2D eigenvalue weighted by molar-refractivity contribution is 7.92. The first-order chi connectivity index (χ1) is 11.4. The zero-order chi connectivity index (χ0) is 17.4. The van der Waals surface area contributed by atoms with Gasteiger partial charge in [-0.05, 0) is 28.9 Å². The molecular weight excluding hydrogens is 340 g/mol. The summed E-state index contributed by atoms with van der Waals surface area (Å²) in [5.74, 6) is -1.94. The molecule has 1 N–H and O–H groups in total. The van der Waals surface area contributed by atoms with Crippen LogP contribution in [-0.4, -0.2) is 42.5 Å². The van der Waals surface area contributed by atoms with Gasteiger partial charge in [0.05, 0.1) is 11.3 Å². The van der Waals surface area contributed by atoms with Crippen molar-refractivity contribution in [2.24, 2.45) is 0 Å². The number of nitrogens with zero attached hydrogens (tertiary/aromatic N) is 2. The third-order valence-corrected chi connectivity index (χ3v) is 5.26. The Morgan fingerprint density at radius 2 is 2.08 bits per heavy atom. The van der Waals surface area contributed by atoms with E-state index < -0.39 is 39.1 Å². The first-order valence-electron chi connectivity index (χ1n) is 6.90. The zero-order valence-electron chi connectivity index (χ0n) is 12.2. The van der Waals surface area contributed by atoms with E-state index in [2.05, 4.69) is 0 Å². The van der Waals surface area contributed by atoms with Crippen molar-refractivity contribution in [2.75, 3.05) is 5.75 Å². The maximum Gasteiger partial charge on any atom is 0.359 e. The minimum Gasteiger partial charge on any atom is -0.614 e. The molecule has 1 aromatic rings. The Balaban J connectivity index is 1.69. The molecule has 0 bridgehead atoms. The second-order valence-electron chi connectivity index (χ2n) is 5.24. The second-order valence-corrected chi connectivity index (χ2v) is 6.84. The molecule has 1 aromatic carbocycles. The van der Waals surface area contributed by atoms with Crippen molar-refractivity contribution in [3.63, 3.8) is 0 Å². The lowest BCUT2D eigenvalue weighted by Crippen LogP contribution is -2.60. The summed E-state index contributed by atoms with van der Waals surface area (Å²) in [4.78, 5) is 34.8. The van der Waals surface area contributed by atoms with Crippen LogP contribution in [0.2, 0.25) is 0 Å². The number of aliphatic hydroxyl groups excluding tert-OH is 1. The molecule has 2 aliphatic rings. The van der Waals surface area contributed by atoms with Crippen molar-refractivity contribution in [3.8, 4) is 0 Å². The quantitative estimate of drug-likeness (QED) is 0.277. The number of carbonyl (C=O) groups is 2. The molecule has 0 unspecified atom stereocenters. The van der Waals surface area contributed by atoms with Crippen molar-refractivity contribution < 1.29 is 28.9 Å². The summed E-state index contributed by atoms with van der Waals surface area (Å²) in [5, 5.41) is 19.8. The molecule has 1 fully saturated rings. The molecule has 0 saturated carbocycles. The number of fused-ring (bicyclic) bond motifs is 1. The van der Waals surface area contributed by atoms with Crippen LogP contribution in [0.4, 0.5) is 5.69 Å². The molecule has 126 valence electrons. The number of nitro benzene ring substituents is 1. The molecule has 9 nitrogen and oxygen atoms in total. The molecule has 0 aliphatic carbocycles. The maximum atomic E-state index is 12.2. The highest BCUT2D eigenvalue weighted by atomic mass is 32.2. The number of non-ortho nitro benzene ring substituents is 1. The molecular formula is C14H12N2O7S. The lowest BCUT2D eigenvalue weighted by Gasteiger charge is -2.43. The minimum absolute atomic E-state index is 0.0685. The van der Waals surface area contributed by atoms with E-state index in [0.29, 0.717) is 5.56 Å². The number of esters is 1. The van der Waals surface area contributed by atoms with E-state index in [1.54, 1.807) is 0 Å². The number of carbonyl (C=O) groups excluding carboxylic acids is 2. The standard InChI is InChI=1S/C14H12N2O7S/c17-10-7-24(22)12-5-11(18)15(12)13(10)14(19)23-6-8-1-3-9(4-2-8)16(20)21/h1-4,12,17H,5-7H2/t12-,24+/m0/s1. The van der Waals surface area contributed by atoms with Crippen LogP contribution in [0.25, 0.3) is 0 Å². The Bertz CT molecular complexity index is 746. The first kappa shape index (κ1) is 16.3. The number of ether oxygens (including phenoxy) is 1. The summed E-state index contributed by atoms with van der Waals surface area (Å²) < 4.78 is 16.8. The number of benzene rings is 1. The van der Waals surface area contributed by atoms with Crippen LogP contribution in [0.15, 0.2) is 35.7 Å². The molecule has 24 heavy (non-hydrogen) atoms. The van der Waals surface area contributed by atoms with E-state index in [4.69, 9.17) is 4.74 Å². The van der Waals surface area contributed by atoms with Gasteiger partial charge in [0.25, 0.3) is 5.69 Å². The van der Waals surface area contributed by atoms with Gasteiger partial charge >= 0.3 is 5.97 Å². The molecule has 0 radical (unpaired) electrons. The summed E-state index contributed by atoms with van der Waals surface area (Å²) in [5.41, 5.74) is 0.145. The van der Waals surface area contributed by atoms with Crippen LogP contribution in [-0.2, 0) is 32.1 Å². The molecule has 1 saturated heterocycles. The number of nitro groups is 1. The van der Waals surface area contributed by atoms with Gasteiger partial charge in [0.15, 0.2) is 17.2 Å². The van der Waals surface area contributed by atoms with E-state index in [-0.39, 0.29) is 30.2 Å². The molecule has 2 aliphatic heterocycles. The normalized spacial score (nSPS) is 22.7. The monoisotopic (exact) mass is 352 g/mol. The minimum atomic E-state index is -1.44. The average Bonchev–Trinajstić information content (AvgIpc) is 2.54. The smallest absolute Gasteiger partial charge is 0.359 e. The lowest BCUT2D eigenvalue weighted by atomic mass is 10.1. The van der Waals surface area contributed by atoms with E-state index >= 15 is 0 Å². The number of hydrogen-bond donors (Lipinski definition) is 1. The van der Waals surface area contributed by atoms with Crippen molar-refractivity contribution in [3.05, 3.63) is 51.4 Å². The van der Waals surface area contributed by atoms with E-state index in [0.717, 1.165) is 4.90 Å². The Morgan fingerprint density at radius 3 is 2.67 bits per heavy atom. The van der Waals surface area contributed by atoms with Gasteiger partial charge in [-0.3, -0.25) is 19.8 Å². The predicted molar refractivity (Wildman–Crippen MR) is 80.8 cm³/mol. The largest absolute Gasteiger partial charge is 0.614 e. The first-order valence-corrected chi connectivity index (χ1v) is 8.28. The SMILES string of the molecule is O=C(OCc1ccc([N+](=O)[O-])cc1)C1=C(O)C[S@@+]([O-])[C@H]2CC(=O)N12. The van der Waals surface area contributed by atoms with Crippen molar-refractivity contribution in [1.29, 1.82) is 0 Å². The van der Waals surface area contributed by atoms with Gasteiger partial charge < -0.3 is 14.4 Å². The molecule has 1 amide bonds. The fourth-order valence-electron chi connectivity index (χ4n) is 2.45. The average molecular weight is 352 g/mol. The predicted octanol–water partition coefficient (Wildman–Crippen LogP) is 0.728. The van der Waals surface area contributed by atoms with Gasteiger partial charge in [-0.15, -0.1) is 0 Å². The maximum absolute atomic E-state index is 12.2. The Labute approximate surface area is 138 Å². The summed E-state index contributed by atoms with van der Waals surface area (Å²) >= 11 is -1.44. The van der Waals surface area contributed by atoms with Gasteiger partial charge in [0, 0.05) is 12.1 Å². The van der Waals surface area contributed by atoms with Crippen molar-refractivity contribution in [2.45, 2.75) is 18.4 Å². The molecule has 2 heterocycles. The summed E-state index contributed by atoms with van der Waals surface area (Å²) in [6.45, 7) is -0.177. The number of β-lactam (4-membered cyclic amide) rings is 1. The Hall–Kier alpha value is -2.59. The molecule has 0 spiro atoms. The third kappa shape index (κ3) is 2.81. The van der Waals surface area contributed by atoms with Crippen molar-refractivity contribution >= 4 is 28.7 Å². The van der Waals surface area contributed by atoms with Crippen LogP contribution in [0.1, 0.15) is 12.0 Å². The Morgan fingerprint density at radius 1 is 1.42 bits per heavy atom. The highest BCUT2D eigenvalue weighted by Crippen LogP contribution is 2.35. The van der Waals surface area contributed by atoms with Crippen LogP contribution < -0.4 is 0 Å². The van der Waals surface area contributed by atoms with Gasteiger partial charge in [-0.25, -0.2) is 4.79 Å². The molecule has 0 aromatic heterocycles. The van der Waals surface area contributed by atoms with Crippen molar-refractivity contribution in [1.82, 2.24) is 4.90 Å². The van der Waals surface area contributed by atoms with E-state index in [1.165, 1.54) is 24.3 Å². The van der Waals surface area contributed by atoms with E-state index in [1.807, 2.05) is 0 Å². The molecule has 2 atom stereocenters. The van der Waals surface area contributed by atoms with Crippen LogP contribution in [0.3, 0.4) is 0 Å². The number of rotatable bonds is 4. The summed E-state index contributed by atoms with van der Waals surface area (Å²) in [7, 11) is 0. The van der Waals surface area contributed by atoms with Crippen LogP contribution in [0.5, 0.6) is 0 Å². The Kier molecular flexibility index (Phi) is 4.16. The molecule has 10 heteroatoms. The topological polar surface area (TPSA) is 133 Å². The zero-order valence-corrected chi connectivity index (χ0v) is 13.0. The highest BCUT2D eigenvalue weighted by Gasteiger charge is 2.53. The molecule has 3 rings (SSSR count). The van der Waals surface area contributed by atoms with Gasteiger partial charge in [0.1, 0.15) is 6.61 Å². The summed E-state index contributed by atoms with van der Waals surface area (Å²) in [6, 6.07) is 5.43. The van der Waals surface area contributed by atoms with Gasteiger partial charge in [-0.1, -0.05) is 0 Å². The second kappa shape index (κ2) is 6.13. The van der Waals surface area contributed by atoms with E-state index in [9.17, 15) is 29.4 Å². The summed E-state index contributed by atoms with van der Waals surface area (Å²) in [6.07, 6.45) is 0.0685.